The maximum atomic E-state index is 11.4. The zero-order chi connectivity index (χ0) is 15.3. The molecule has 0 aliphatic rings. The highest BCUT2D eigenvalue weighted by atomic mass is 16.4. The van der Waals surface area contributed by atoms with Crippen molar-refractivity contribution in [1.82, 2.24) is 4.90 Å². The SMILES string of the molecule is Cc1ccc(C(C(=O)O)N(CC(=O)O)CC(=O)O)cc1. The Morgan fingerprint density at radius 1 is 1.00 bits per heavy atom. The van der Waals surface area contributed by atoms with Crippen LogP contribution in [0.4, 0.5) is 0 Å². The summed E-state index contributed by atoms with van der Waals surface area (Å²) in [6, 6.07) is 5.15. The van der Waals surface area contributed by atoms with Crippen LogP contribution in [0.3, 0.4) is 0 Å². The third-order valence-electron chi connectivity index (χ3n) is 2.67. The summed E-state index contributed by atoms with van der Waals surface area (Å²) in [6.45, 7) is 0.486. The summed E-state index contributed by atoms with van der Waals surface area (Å²) in [6.07, 6.45) is 0. The van der Waals surface area contributed by atoms with Crippen LogP contribution in [0.2, 0.25) is 0 Å². The van der Waals surface area contributed by atoms with E-state index in [2.05, 4.69) is 0 Å². The number of nitrogens with zero attached hydrogens (tertiary/aromatic N) is 1. The molecule has 0 aliphatic carbocycles. The van der Waals surface area contributed by atoms with Crippen LogP contribution in [-0.2, 0) is 14.4 Å². The minimum absolute atomic E-state index is 0.339. The molecule has 1 atom stereocenters. The molecule has 0 aromatic heterocycles. The van der Waals surface area contributed by atoms with E-state index < -0.39 is 37.0 Å². The molecule has 20 heavy (non-hydrogen) atoms. The van der Waals surface area contributed by atoms with Gasteiger partial charge in [0.15, 0.2) is 0 Å². The fourth-order valence-corrected chi connectivity index (χ4v) is 1.84. The lowest BCUT2D eigenvalue weighted by molar-refractivity contribution is -0.149. The molecule has 7 nitrogen and oxygen atoms in total. The van der Waals surface area contributed by atoms with E-state index in [9.17, 15) is 19.5 Å². The molecule has 1 unspecified atom stereocenters. The van der Waals surface area contributed by atoms with Crippen molar-refractivity contribution in [3.63, 3.8) is 0 Å². The van der Waals surface area contributed by atoms with Gasteiger partial charge in [-0.1, -0.05) is 29.8 Å². The molecule has 0 aliphatic heterocycles. The van der Waals surface area contributed by atoms with E-state index in [1.165, 1.54) is 0 Å². The number of carboxylic acid groups (broad SMARTS) is 3. The van der Waals surface area contributed by atoms with Gasteiger partial charge in [-0.05, 0) is 12.5 Å². The van der Waals surface area contributed by atoms with Crippen molar-refractivity contribution < 1.29 is 29.7 Å². The van der Waals surface area contributed by atoms with Crippen molar-refractivity contribution in [1.29, 1.82) is 0 Å². The Kier molecular flexibility index (Phi) is 5.22. The quantitative estimate of drug-likeness (QED) is 0.670. The van der Waals surface area contributed by atoms with E-state index in [0.717, 1.165) is 10.5 Å². The van der Waals surface area contributed by atoms with E-state index >= 15 is 0 Å². The van der Waals surface area contributed by atoms with Gasteiger partial charge in [0.25, 0.3) is 0 Å². The Labute approximate surface area is 115 Å². The van der Waals surface area contributed by atoms with Gasteiger partial charge in [-0.3, -0.25) is 19.3 Å². The first kappa shape index (κ1) is 15.6. The van der Waals surface area contributed by atoms with Crippen molar-refractivity contribution in [3.05, 3.63) is 35.4 Å². The van der Waals surface area contributed by atoms with Crippen molar-refractivity contribution in [2.24, 2.45) is 0 Å². The Hall–Kier alpha value is -2.41. The molecule has 1 rings (SSSR count). The van der Waals surface area contributed by atoms with Crippen molar-refractivity contribution >= 4 is 17.9 Å². The highest BCUT2D eigenvalue weighted by molar-refractivity contribution is 5.79. The molecule has 0 heterocycles. The summed E-state index contributed by atoms with van der Waals surface area (Å²) in [5.74, 6) is -3.87. The normalized spacial score (nSPS) is 12.1. The highest BCUT2D eigenvalue weighted by Gasteiger charge is 2.30. The number of carbonyl (C=O) groups is 3. The van der Waals surface area contributed by atoms with Crippen LogP contribution in [0.5, 0.6) is 0 Å². The van der Waals surface area contributed by atoms with Crippen LogP contribution < -0.4 is 0 Å². The Morgan fingerprint density at radius 3 is 1.80 bits per heavy atom. The Balaban J connectivity index is 3.12. The van der Waals surface area contributed by atoms with Gasteiger partial charge in [-0.2, -0.15) is 0 Å². The lowest BCUT2D eigenvalue weighted by Crippen LogP contribution is -2.41. The van der Waals surface area contributed by atoms with Gasteiger partial charge in [0.05, 0.1) is 13.1 Å². The average molecular weight is 281 g/mol. The molecule has 0 bridgehead atoms. The number of hydrogen-bond acceptors (Lipinski definition) is 4. The average Bonchev–Trinajstić information content (AvgIpc) is 2.29. The van der Waals surface area contributed by atoms with Gasteiger partial charge < -0.3 is 15.3 Å². The monoisotopic (exact) mass is 281 g/mol. The van der Waals surface area contributed by atoms with Crippen LogP contribution in [0, 0.1) is 6.92 Å². The minimum Gasteiger partial charge on any atom is -0.480 e. The number of carboxylic acids is 3. The summed E-state index contributed by atoms with van der Waals surface area (Å²) in [5.41, 5.74) is 1.26. The molecule has 3 N–H and O–H groups in total. The first-order valence-electron chi connectivity index (χ1n) is 5.78. The van der Waals surface area contributed by atoms with E-state index in [0.29, 0.717) is 5.56 Å². The van der Waals surface area contributed by atoms with Gasteiger partial charge in [0.2, 0.25) is 0 Å². The topological polar surface area (TPSA) is 115 Å². The predicted molar refractivity (Wildman–Crippen MR) is 68.4 cm³/mol. The first-order chi connectivity index (χ1) is 9.31. The van der Waals surface area contributed by atoms with Gasteiger partial charge in [0.1, 0.15) is 6.04 Å². The standard InChI is InChI=1S/C13H15NO6/c1-8-2-4-9(5-3-8)12(13(19)20)14(6-10(15)16)7-11(17)18/h2-5,12H,6-7H2,1H3,(H,15,16)(H,17,18)(H,19,20). The van der Waals surface area contributed by atoms with E-state index in [4.69, 9.17) is 10.2 Å². The van der Waals surface area contributed by atoms with Crippen molar-refractivity contribution in [2.45, 2.75) is 13.0 Å². The predicted octanol–water partition coefficient (Wildman–Crippen LogP) is 0.592. The lowest BCUT2D eigenvalue weighted by atomic mass is 10.0. The van der Waals surface area contributed by atoms with Crippen LogP contribution in [0.1, 0.15) is 17.2 Å². The van der Waals surface area contributed by atoms with Gasteiger partial charge in [0, 0.05) is 0 Å². The fraction of sp³-hybridized carbons (Fsp3) is 0.308. The summed E-state index contributed by atoms with van der Waals surface area (Å²) in [5, 5.41) is 26.8. The number of aryl methyl sites for hydroxylation is 1. The molecule has 7 heteroatoms. The molecular weight excluding hydrogens is 266 g/mol. The zero-order valence-corrected chi connectivity index (χ0v) is 10.8. The van der Waals surface area contributed by atoms with Crippen LogP contribution in [-0.4, -0.2) is 51.2 Å². The Bertz CT molecular complexity index is 494. The maximum Gasteiger partial charge on any atom is 0.325 e. The molecule has 108 valence electrons. The molecule has 0 fully saturated rings. The van der Waals surface area contributed by atoms with Gasteiger partial charge >= 0.3 is 17.9 Å². The molecule has 1 aromatic carbocycles. The highest BCUT2D eigenvalue weighted by Crippen LogP contribution is 2.21. The molecule has 0 saturated carbocycles. The van der Waals surface area contributed by atoms with Crippen LogP contribution in [0.15, 0.2) is 24.3 Å². The Morgan fingerprint density at radius 2 is 1.45 bits per heavy atom. The summed E-state index contributed by atoms with van der Waals surface area (Å²) >= 11 is 0. The largest absolute Gasteiger partial charge is 0.480 e. The van der Waals surface area contributed by atoms with E-state index in [1.54, 1.807) is 24.3 Å². The number of benzene rings is 1. The third-order valence-corrected chi connectivity index (χ3v) is 2.67. The molecule has 0 radical (unpaired) electrons. The molecule has 0 amide bonds. The minimum atomic E-state index is -1.32. The number of aliphatic carboxylic acids is 3. The smallest absolute Gasteiger partial charge is 0.325 e. The second-order valence-corrected chi connectivity index (χ2v) is 4.34. The summed E-state index contributed by atoms with van der Waals surface area (Å²) in [4.78, 5) is 33.8. The second-order valence-electron chi connectivity index (χ2n) is 4.34. The molecule has 0 spiro atoms. The van der Waals surface area contributed by atoms with E-state index in [-0.39, 0.29) is 0 Å². The zero-order valence-electron chi connectivity index (χ0n) is 10.8. The molecular formula is C13H15NO6. The van der Waals surface area contributed by atoms with Gasteiger partial charge in [-0.15, -0.1) is 0 Å². The van der Waals surface area contributed by atoms with Gasteiger partial charge in [-0.25, -0.2) is 0 Å². The van der Waals surface area contributed by atoms with E-state index in [1.807, 2.05) is 6.92 Å². The fourth-order valence-electron chi connectivity index (χ4n) is 1.84. The number of hydrogen-bond donors (Lipinski definition) is 3. The first-order valence-corrected chi connectivity index (χ1v) is 5.78. The molecule has 0 saturated heterocycles. The molecule has 1 aromatic rings. The second kappa shape index (κ2) is 6.67. The summed E-state index contributed by atoms with van der Waals surface area (Å²) < 4.78 is 0. The summed E-state index contributed by atoms with van der Waals surface area (Å²) in [7, 11) is 0. The van der Waals surface area contributed by atoms with Crippen molar-refractivity contribution in [3.8, 4) is 0 Å². The van der Waals surface area contributed by atoms with Crippen LogP contribution >= 0.6 is 0 Å². The van der Waals surface area contributed by atoms with Crippen molar-refractivity contribution in [2.75, 3.05) is 13.1 Å². The maximum absolute atomic E-state index is 11.4. The van der Waals surface area contributed by atoms with Crippen LogP contribution in [0.25, 0.3) is 0 Å². The number of rotatable bonds is 7. The third kappa shape index (κ3) is 4.36. The lowest BCUT2D eigenvalue weighted by Gasteiger charge is -2.26.